The highest BCUT2D eigenvalue weighted by atomic mass is 79.9. The van der Waals surface area contributed by atoms with E-state index in [1.807, 2.05) is 30.3 Å². The average Bonchev–Trinajstić information content (AvgIpc) is 3.47. The van der Waals surface area contributed by atoms with Gasteiger partial charge in [0.15, 0.2) is 5.69 Å². The maximum atomic E-state index is 13.7. The van der Waals surface area contributed by atoms with Crippen LogP contribution in [0.2, 0.25) is 0 Å². The van der Waals surface area contributed by atoms with E-state index in [-0.39, 0.29) is 33.4 Å². The Bertz CT molecular complexity index is 1390. The first kappa shape index (κ1) is 22.2. The fourth-order valence-corrected chi connectivity index (χ4v) is 4.52. The smallest absolute Gasteiger partial charge is 0.317 e. The number of amides is 1. The summed E-state index contributed by atoms with van der Waals surface area (Å²) in [5.74, 6) is -1.67. The zero-order valence-corrected chi connectivity index (χ0v) is 19.2. The van der Waals surface area contributed by atoms with Gasteiger partial charge in [0.05, 0.1) is 15.6 Å². The van der Waals surface area contributed by atoms with E-state index in [9.17, 15) is 14.0 Å². The van der Waals surface area contributed by atoms with Gasteiger partial charge in [-0.15, -0.1) is 0 Å². The van der Waals surface area contributed by atoms with E-state index in [1.54, 1.807) is 0 Å². The summed E-state index contributed by atoms with van der Waals surface area (Å²) >= 11 is 3.10. The molecule has 174 valence electrons. The van der Waals surface area contributed by atoms with Crippen molar-refractivity contribution in [1.29, 1.82) is 0 Å². The summed E-state index contributed by atoms with van der Waals surface area (Å²) < 4.78 is 24.6. The van der Waals surface area contributed by atoms with Gasteiger partial charge in [-0.3, -0.25) is 9.32 Å². The Morgan fingerprint density at radius 1 is 1.12 bits per heavy atom. The van der Waals surface area contributed by atoms with Crippen LogP contribution in [0.3, 0.4) is 0 Å². The Labute approximate surface area is 200 Å². The Morgan fingerprint density at radius 2 is 1.88 bits per heavy atom. The minimum Gasteiger partial charge on any atom is -0.317 e. The van der Waals surface area contributed by atoms with E-state index < -0.39 is 17.0 Å². The summed E-state index contributed by atoms with van der Waals surface area (Å²) in [4.78, 5) is 26.0. The van der Waals surface area contributed by atoms with Gasteiger partial charge in [-0.25, -0.2) is 18.4 Å². The first-order valence-corrected chi connectivity index (χ1v) is 11.2. The number of nitrogens with one attached hydrogen (secondary N) is 2. The molecule has 1 fully saturated rings. The Hall–Kier alpha value is -3.64. The lowest BCUT2D eigenvalue weighted by atomic mass is 9.72. The molecule has 10 nitrogen and oxygen atoms in total. The predicted octanol–water partition coefficient (Wildman–Crippen LogP) is 3.04. The number of carbonyl (C=O) groups excluding carboxylic acids is 1. The van der Waals surface area contributed by atoms with Crippen molar-refractivity contribution < 1.29 is 18.3 Å². The molecule has 2 N–H and O–H groups in total. The summed E-state index contributed by atoms with van der Waals surface area (Å²) in [6, 6.07) is 13.5. The van der Waals surface area contributed by atoms with Gasteiger partial charge in [0.1, 0.15) is 5.82 Å². The molecule has 2 aromatic carbocycles. The van der Waals surface area contributed by atoms with Crippen molar-refractivity contribution in [3.05, 3.63) is 74.9 Å². The highest BCUT2D eigenvalue weighted by molar-refractivity contribution is 9.10. The highest BCUT2D eigenvalue weighted by Gasteiger charge is 2.42. The Kier molecular flexibility index (Phi) is 5.84. The Balaban J connectivity index is 1.52. The molecule has 34 heavy (non-hydrogen) atoms. The third kappa shape index (κ3) is 3.84. The number of aromatic nitrogens is 4. The fourth-order valence-electron chi connectivity index (χ4n) is 4.15. The van der Waals surface area contributed by atoms with Crippen molar-refractivity contribution in [2.45, 2.75) is 18.3 Å². The molecule has 1 aliphatic rings. The number of nitrogens with zero attached hydrogens (tertiary/aromatic N) is 4. The molecule has 5 rings (SSSR count). The van der Waals surface area contributed by atoms with Crippen LogP contribution >= 0.6 is 15.9 Å². The van der Waals surface area contributed by atoms with Crippen LogP contribution in [0.4, 0.5) is 10.2 Å². The van der Waals surface area contributed by atoms with Crippen molar-refractivity contribution in [1.82, 2.24) is 25.4 Å². The van der Waals surface area contributed by atoms with Crippen LogP contribution in [0.25, 0.3) is 17.2 Å². The van der Waals surface area contributed by atoms with Crippen LogP contribution in [0.5, 0.6) is 0 Å². The molecule has 0 bridgehead atoms. The van der Waals surface area contributed by atoms with E-state index in [0.717, 1.165) is 10.1 Å². The fraction of sp³-hybridized carbons (Fsp3) is 0.227. The molecule has 12 heteroatoms. The van der Waals surface area contributed by atoms with Gasteiger partial charge in [-0.1, -0.05) is 35.5 Å². The molecule has 1 amide bonds. The lowest BCUT2D eigenvalue weighted by Gasteiger charge is -2.36. The lowest BCUT2D eigenvalue weighted by Crippen LogP contribution is -2.48. The third-order valence-electron chi connectivity index (χ3n) is 5.92. The Morgan fingerprint density at radius 3 is 2.62 bits per heavy atom. The molecule has 4 aromatic rings. The summed E-state index contributed by atoms with van der Waals surface area (Å²) in [6.45, 7) is 1.35. The number of anilines is 1. The van der Waals surface area contributed by atoms with Crippen molar-refractivity contribution in [3.63, 3.8) is 0 Å². The predicted molar refractivity (Wildman–Crippen MR) is 122 cm³/mol. The molecule has 1 aliphatic heterocycles. The van der Waals surface area contributed by atoms with Gasteiger partial charge in [0.2, 0.25) is 17.5 Å². The number of piperidine rings is 1. The zero-order valence-electron chi connectivity index (χ0n) is 17.6. The third-order valence-corrected chi connectivity index (χ3v) is 6.52. The molecular formula is C22H18BrFN6O4. The molecule has 0 atom stereocenters. The van der Waals surface area contributed by atoms with E-state index in [1.165, 1.54) is 18.2 Å². The molecular weight excluding hydrogens is 511 g/mol. The SMILES string of the molecule is O=C(Nc1nonc1-c1noc(=O)n1-c1ccc(F)c(Br)c1)C1(c2ccccc2)CCNCC1. The average molecular weight is 529 g/mol. The van der Waals surface area contributed by atoms with Crippen molar-refractivity contribution in [3.8, 4) is 17.2 Å². The van der Waals surface area contributed by atoms with E-state index in [0.29, 0.717) is 25.9 Å². The number of hydrogen-bond acceptors (Lipinski definition) is 8. The molecule has 0 radical (unpaired) electrons. The van der Waals surface area contributed by atoms with Gasteiger partial charge in [0, 0.05) is 0 Å². The topological polar surface area (TPSA) is 128 Å². The van der Waals surface area contributed by atoms with Crippen LogP contribution in [-0.4, -0.2) is 39.0 Å². The quantitative estimate of drug-likeness (QED) is 0.404. The molecule has 0 spiro atoms. The zero-order chi connectivity index (χ0) is 23.7. The standard InChI is InChI=1S/C22H18BrFN6O4/c23-15-12-14(6-7-16(15)24)30-19(29-33-21(30)32)17-18(28-34-27-17)26-20(31)22(8-10-25-11-9-22)13-4-2-1-3-5-13/h1-7,12,25H,8-11H2,(H,26,28,31). The summed E-state index contributed by atoms with van der Waals surface area (Å²) in [7, 11) is 0. The largest absolute Gasteiger partial charge is 0.446 e. The minimum atomic E-state index is -0.826. The molecule has 3 heterocycles. The van der Waals surface area contributed by atoms with Crippen LogP contribution in [0, 0.1) is 5.82 Å². The van der Waals surface area contributed by atoms with Crippen molar-refractivity contribution >= 4 is 27.7 Å². The van der Waals surface area contributed by atoms with Crippen molar-refractivity contribution in [2.75, 3.05) is 18.4 Å². The summed E-state index contributed by atoms with van der Waals surface area (Å²) in [5.41, 5.74) is 0.376. The molecule has 0 unspecified atom stereocenters. The van der Waals surface area contributed by atoms with Gasteiger partial charge >= 0.3 is 5.76 Å². The van der Waals surface area contributed by atoms with Crippen molar-refractivity contribution in [2.24, 2.45) is 0 Å². The first-order chi connectivity index (χ1) is 16.5. The second kappa shape index (κ2) is 8.95. The maximum absolute atomic E-state index is 13.7. The van der Waals surface area contributed by atoms with Crippen LogP contribution in [0.15, 0.2) is 67.0 Å². The van der Waals surface area contributed by atoms with E-state index in [2.05, 4.69) is 42.0 Å². The van der Waals surface area contributed by atoms with Gasteiger partial charge in [-0.05, 0) is 75.9 Å². The monoisotopic (exact) mass is 528 g/mol. The van der Waals surface area contributed by atoms with E-state index >= 15 is 0 Å². The van der Waals surface area contributed by atoms with Gasteiger partial charge in [-0.2, -0.15) is 0 Å². The normalized spacial score (nSPS) is 15.2. The van der Waals surface area contributed by atoms with E-state index in [4.69, 9.17) is 9.15 Å². The molecule has 2 aromatic heterocycles. The number of rotatable bonds is 5. The highest BCUT2D eigenvalue weighted by Crippen LogP contribution is 2.36. The summed E-state index contributed by atoms with van der Waals surface area (Å²) in [6.07, 6.45) is 1.17. The second-order valence-corrected chi connectivity index (χ2v) is 8.67. The molecule has 1 saturated heterocycles. The maximum Gasteiger partial charge on any atom is 0.446 e. The number of benzene rings is 2. The van der Waals surface area contributed by atoms with Crippen LogP contribution < -0.4 is 16.4 Å². The van der Waals surface area contributed by atoms with Crippen LogP contribution in [-0.2, 0) is 10.2 Å². The minimum absolute atomic E-state index is 0.00297. The van der Waals surface area contributed by atoms with Crippen LogP contribution in [0.1, 0.15) is 18.4 Å². The van der Waals surface area contributed by atoms with Gasteiger partial charge in [0.25, 0.3) is 0 Å². The molecule has 0 aliphatic carbocycles. The molecule has 0 saturated carbocycles. The second-order valence-electron chi connectivity index (χ2n) is 7.82. The summed E-state index contributed by atoms with van der Waals surface area (Å²) in [5, 5.41) is 17.5. The van der Waals surface area contributed by atoms with Gasteiger partial charge < -0.3 is 10.6 Å². The number of carbonyl (C=O) groups is 1. The number of halogens is 2. The number of hydrogen-bond donors (Lipinski definition) is 2. The first-order valence-electron chi connectivity index (χ1n) is 10.4. The lowest BCUT2D eigenvalue weighted by molar-refractivity contribution is -0.122.